The van der Waals surface area contributed by atoms with Crippen LogP contribution in [-0.2, 0) is 11.2 Å². The van der Waals surface area contributed by atoms with Crippen molar-refractivity contribution in [2.45, 2.75) is 45.3 Å². The summed E-state index contributed by atoms with van der Waals surface area (Å²) >= 11 is 5.32. The van der Waals surface area contributed by atoms with E-state index in [-0.39, 0.29) is 0 Å². The molecule has 98 valence electrons. The molecule has 2 unspecified atom stereocenters. The number of hydrogen-bond donors (Lipinski definition) is 1. The topological polar surface area (TPSA) is 21.3 Å². The Hall–Kier alpha value is 0.1000. The van der Waals surface area contributed by atoms with Gasteiger partial charge in [0.1, 0.15) is 0 Å². The van der Waals surface area contributed by atoms with Crippen molar-refractivity contribution in [3.05, 3.63) is 20.8 Å². The number of ether oxygens (including phenoxy) is 1. The molecule has 0 radical (unpaired) electrons. The molecule has 0 amide bonds. The predicted octanol–water partition coefficient (Wildman–Crippen LogP) is 3.85. The van der Waals surface area contributed by atoms with Crippen LogP contribution in [0.4, 0.5) is 0 Å². The van der Waals surface area contributed by atoms with Crippen molar-refractivity contribution in [2.75, 3.05) is 13.7 Å². The lowest BCUT2D eigenvalue weighted by Crippen LogP contribution is -2.41. The van der Waals surface area contributed by atoms with Crippen LogP contribution in [0.1, 0.15) is 31.6 Å². The summed E-state index contributed by atoms with van der Waals surface area (Å²) in [5, 5.41) is 3.40. The van der Waals surface area contributed by atoms with Gasteiger partial charge >= 0.3 is 0 Å². The summed E-state index contributed by atoms with van der Waals surface area (Å²) < 4.78 is 7.04. The quantitative estimate of drug-likeness (QED) is 0.786. The average molecular weight is 320 g/mol. The molecule has 17 heavy (non-hydrogen) atoms. The van der Waals surface area contributed by atoms with Crippen molar-refractivity contribution in [1.29, 1.82) is 0 Å². The van der Waals surface area contributed by atoms with Gasteiger partial charge < -0.3 is 10.1 Å². The van der Waals surface area contributed by atoms with Gasteiger partial charge in [-0.1, -0.05) is 13.3 Å². The highest BCUT2D eigenvalue weighted by atomic mass is 79.9. The zero-order valence-electron chi connectivity index (χ0n) is 10.8. The Morgan fingerprint density at radius 1 is 1.41 bits per heavy atom. The number of rotatable bonds is 8. The van der Waals surface area contributed by atoms with Crippen molar-refractivity contribution in [3.8, 4) is 0 Å². The van der Waals surface area contributed by atoms with Crippen LogP contribution in [-0.4, -0.2) is 25.8 Å². The van der Waals surface area contributed by atoms with Gasteiger partial charge in [0.15, 0.2) is 0 Å². The van der Waals surface area contributed by atoms with Gasteiger partial charge in [-0.3, -0.25) is 0 Å². The van der Waals surface area contributed by atoms with E-state index in [1.807, 2.05) is 7.05 Å². The first kappa shape index (κ1) is 15.2. The second-order valence-electron chi connectivity index (χ2n) is 4.09. The summed E-state index contributed by atoms with van der Waals surface area (Å²) in [5.41, 5.74) is 0. The molecule has 2 atom stereocenters. The molecule has 0 aliphatic rings. The minimum Gasteiger partial charge on any atom is -0.377 e. The molecule has 0 bridgehead atoms. The maximum atomic E-state index is 5.84. The Labute approximate surface area is 117 Å². The second kappa shape index (κ2) is 8.25. The molecule has 0 aromatic carbocycles. The monoisotopic (exact) mass is 319 g/mol. The van der Waals surface area contributed by atoms with E-state index in [1.54, 1.807) is 11.3 Å². The highest BCUT2D eigenvalue weighted by molar-refractivity contribution is 9.11. The van der Waals surface area contributed by atoms with Gasteiger partial charge in [0.25, 0.3) is 0 Å². The summed E-state index contributed by atoms with van der Waals surface area (Å²) in [6.45, 7) is 5.06. The van der Waals surface area contributed by atoms with Crippen LogP contribution < -0.4 is 5.32 Å². The van der Waals surface area contributed by atoms with Gasteiger partial charge in [-0.05, 0) is 54.9 Å². The Bertz CT molecular complexity index is 310. The van der Waals surface area contributed by atoms with Gasteiger partial charge in [-0.2, -0.15) is 0 Å². The third-order valence-electron chi connectivity index (χ3n) is 2.82. The molecular weight excluding hydrogens is 298 g/mol. The average Bonchev–Trinajstić information content (AvgIpc) is 2.72. The van der Waals surface area contributed by atoms with E-state index in [0.717, 1.165) is 25.9 Å². The molecule has 1 aromatic heterocycles. The molecule has 1 heterocycles. The lowest BCUT2D eigenvalue weighted by molar-refractivity contribution is 0.0303. The number of hydrogen-bond acceptors (Lipinski definition) is 3. The zero-order chi connectivity index (χ0) is 12.7. The van der Waals surface area contributed by atoms with E-state index in [9.17, 15) is 0 Å². The number of nitrogens with one attached hydrogen (secondary N) is 1. The SMILES string of the molecule is CCCC(OCC)C(Cc1ccc(Br)s1)NC. The van der Waals surface area contributed by atoms with Crippen LogP contribution >= 0.6 is 27.3 Å². The van der Waals surface area contributed by atoms with Gasteiger partial charge in [0.05, 0.1) is 9.89 Å². The molecule has 4 heteroatoms. The number of thiophene rings is 1. The van der Waals surface area contributed by atoms with Crippen LogP contribution in [0, 0.1) is 0 Å². The summed E-state index contributed by atoms with van der Waals surface area (Å²) in [6, 6.07) is 4.71. The van der Waals surface area contributed by atoms with E-state index < -0.39 is 0 Å². The Balaban J connectivity index is 2.61. The van der Waals surface area contributed by atoms with Crippen LogP contribution in [0.3, 0.4) is 0 Å². The molecule has 0 saturated carbocycles. The van der Waals surface area contributed by atoms with E-state index in [2.05, 4.69) is 47.2 Å². The van der Waals surface area contributed by atoms with Crippen LogP contribution in [0.25, 0.3) is 0 Å². The molecule has 2 nitrogen and oxygen atoms in total. The zero-order valence-corrected chi connectivity index (χ0v) is 13.2. The van der Waals surface area contributed by atoms with Gasteiger partial charge in [0.2, 0.25) is 0 Å². The molecule has 1 rings (SSSR count). The largest absolute Gasteiger partial charge is 0.377 e. The molecule has 1 N–H and O–H groups in total. The summed E-state index contributed by atoms with van der Waals surface area (Å²) in [5.74, 6) is 0. The first-order valence-corrected chi connectivity index (χ1v) is 7.85. The molecule has 0 aliphatic carbocycles. The van der Waals surface area contributed by atoms with Gasteiger partial charge in [-0.25, -0.2) is 0 Å². The van der Waals surface area contributed by atoms with E-state index in [0.29, 0.717) is 12.1 Å². The van der Waals surface area contributed by atoms with Gasteiger partial charge in [0, 0.05) is 17.5 Å². The second-order valence-corrected chi connectivity index (χ2v) is 6.64. The maximum Gasteiger partial charge on any atom is 0.0731 e. The van der Waals surface area contributed by atoms with Crippen molar-refractivity contribution >= 4 is 27.3 Å². The van der Waals surface area contributed by atoms with E-state index >= 15 is 0 Å². The highest BCUT2D eigenvalue weighted by Crippen LogP contribution is 2.24. The summed E-state index contributed by atoms with van der Waals surface area (Å²) in [7, 11) is 2.02. The van der Waals surface area contributed by atoms with Crippen molar-refractivity contribution in [2.24, 2.45) is 0 Å². The minimum absolute atomic E-state index is 0.316. The molecule has 0 aliphatic heterocycles. The lowest BCUT2D eigenvalue weighted by Gasteiger charge is -2.26. The van der Waals surface area contributed by atoms with E-state index in [4.69, 9.17) is 4.74 Å². The minimum atomic E-state index is 0.316. The van der Waals surface area contributed by atoms with Crippen LogP contribution in [0.2, 0.25) is 0 Å². The first-order chi connectivity index (χ1) is 8.21. The number of likely N-dealkylation sites (N-methyl/N-ethyl adjacent to an activating group) is 1. The third kappa shape index (κ3) is 5.08. The maximum absolute atomic E-state index is 5.84. The molecule has 0 saturated heterocycles. The highest BCUT2D eigenvalue weighted by Gasteiger charge is 2.20. The van der Waals surface area contributed by atoms with Crippen molar-refractivity contribution < 1.29 is 4.74 Å². The van der Waals surface area contributed by atoms with Crippen molar-refractivity contribution in [3.63, 3.8) is 0 Å². The van der Waals surface area contributed by atoms with Gasteiger partial charge in [-0.15, -0.1) is 11.3 Å². The third-order valence-corrected chi connectivity index (χ3v) is 4.47. The van der Waals surface area contributed by atoms with E-state index in [1.165, 1.54) is 8.66 Å². The first-order valence-electron chi connectivity index (χ1n) is 6.24. The normalized spacial score (nSPS) is 14.8. The van der Waals surface area contributed by atoms with Crippen LogP contribution in [0.15, 0.2) is 15.9 Å². The lowest BCUT2D eigenvalue weighted by atomic mass is 10.0. The fourth-order valence-electron chi connectivity index (χ4n) is 2.00. The van der Waals surface area contributed by atoms with Crippen LogP contribution in [0.5, 0.6) is 0 Å². The standard InChI is InChI=1S/C13H22BrNOS/c1-4-6-12(16-5-2)11(15-3)9-10-7-8-13(14)17-10/h7-8,11-12,15H,4-6,9H2,1-3H3. The Morgan fingerprint density at radius 2 is 2.18 bits per heavy atom. The Morgan fingerprint density at radius 3 is 2.65 bits per heavy atom. The Kier molecular flexibility index (Phi) is 7.35. The molecule has 1 aromatic rings. The fraction of sp³-hybridized carbons (Fsp3) is 0.692. The molecular formula is C13H22BrNOS. The molecule has 0 spiro atoms. The molecule has 0 fully saturated rings. The smallest absolute Gasteiger partial charge is 0.0731 e. The fourth-order valence-corrected chi connectivity index (χ4v) is 3.54. The van der Waals surface area contributed by atoms with Crippen molar-refractivity contribution in [1.82, 2.24) is 5.32 Å². The number of halogens is 1. The summed E-state index contributed by atoms with van der Waals surface area (Å²) in [6.07, 6.45) is 3.64. The predicted molar refractivity (Wildman–Crippen MR) is 78.9 cm³/mol. The summed E-state index contributed by atoms with van der Waals surface area (Å²) in [4.78, 5) is 1.40.